The van der Waals surface area contributed by atoms with Gasteiger partial charge in [0.05, 0.1) is 12.3 Å². The first-order chi connectivity index (χ1) is 6.38. The third-order valence-corrected chi connectivity index (χ3v) is 2.33. The summed E-state index contributed by atoms with van der Waals surface area (Å²) in [7, 11) is -3.08. The zero-order valence-electron chi connectivity index (χ0n) is 7.40. The zero-order chi connectivity index (χ0) is 10.8. The van der Waals surface area contributed by atoms with Crippen LogP contribution in [0.15, 0.2) is 4.99 Å². The van der Waals surface area contributed by atoms with Gasteiger partial charge in [0.15, 0.2) is 0 Å². The van der Waals surface area contributed by atoms with Gasteiger partial charge in [0.2, 0.25) is 5.96 Å². The van der Waals surface area contributed by atoms with Gasteiger partial charge in [-0.1, -0.05) is 0 Å². The van der Waals surface area contributed by atoms with Crippen LogP contribution in [-0.4, -0.2) is 44.7 Å². The average molecular weight is 219 g/mol. The molecule has 0 saturated carbocycles. The highest BCUT2D eigenvalue weighted by Crippen LogP contribution is 1.86. The summed E-state index contributed by atoms with van der Waals surface area (Å²) in [4.78, 5) is 24.9. The maximum Gasteiger partial charge on any atom is 0.316 e. The van der Waals surface area contributed by atoms with Crippen LogP contribution >= 0.6 is 0 Å². The highest BCUT2D eigenvalue weighted by Gasteiger charge is 2.24. The van der Waals surface area contributed by atoms with Crippen molar-refractivity contribution in [2.24, 2.45) is 4.99 Å². The minimum absolute atomic E-state index is 0.00338. The second-order valence-corrected chi connectivity index (χ2v) is 5.03. The van der Waals surface area contributed by atoms with Gasteiger partial charge in [0.25, 0.3) is 0 Å². The molecule has 0 radical (unpaired) electrons. The van der Waals surface area contributed by atoms with Crippen molar-refractivity contribution in [3.8, 4) is 0 Å². The van der Waals surface area contributed by atoms with E-state index in [1.165, 1.54) is 0 Å². The van der Waals surface area contributed by atoms with Gasteiger partial charge >= 0.3 is 11.8 Å². The summed E-state index contributed by atoms with van der Waals surface area (Å²) < 4.78 is 21.4. The van der Waals surface area contributed by atoms with E-state index >= 15 is 0 Å². The number of sulfone groups is 1. The van der Waals surface area contributed by atoms with Crippen molar-refractivity contribution in [2.75, 3.05) is 18.6 Å². The summed E-state index contributed by atoms with van der Waals surface area (Å²) >= 11 is 0. The quantitative estimate of drug-likeness (QED) is 0.518. The van der Waals surface area contributed by atoms with Crippen LogP contribution in [0.25, 0.3) is 0 Å². The predicted molar refractivity (Wildman–Crippen MR) is 48.3 cm³/mol. The summed E-state index contributed by atoms with van der Waals surface area (Å²) in [6.07, 6.45) is 1.08. The van der Waals surface area contributed by atoms with E-state index in [2.05, 4.69) is 15.6 Å². The molecule has 1 heterocycles. The smallest absolute Gasteiger partial charge is 0.288 e. The normalized spacial score (nSPS) is 16.5. The molecule has 1 rings (SSSR count). The van der Waals surface area contributed by atoms with Crippen molar-refractivity contribution in [1.82, 2.24) is 10.6 Å². The lowest BCUT2D eigenvalue weighted by molar-refractivity contribution is -0.135. The van der Waals surface area contributed by atoms with Crippen LogP contribution in [0.2, 0.25) is 0 Å². The molecule has 1 saturated heterocycles. The molecule has 0 aromatic rings. The molecule has 0 aliphatic carbocycles. The maximum absolute atomic E-state index is 10.7. The highest BCUT2D eigenvalue weighted by atomic mass is 32.2. The van der Waals surface area contributed by atoms with Gasteiger partial charge in [0, 0.05) is 6.26 Å². The molecule has 14 heavy (non-hydrogen) atoms. The molecule has 7 nitrogen and oxygen atoms in total. The Balaban J connectivity index is 2.48. The first-order valence-electron chi connectivity index (χ1n) is 3.73. The Morgan fingerprint density at radius 1 is 1.21 bits per heavy atom. The second kappa shape index (κ2) is 3.74. The molecular weight excluding hydrogens is 210 g/mol. The third kappa shape index (κ3) is 3.13. The Morgan fingerprint density at radius 2 is 1.71 bits per heavy atom. The molecule has 0 atom stereocenters. The molecule has 0 aromatic heterocycles. The molecule has 78 valence electrons. The van der Waals surface area contributed by atoms with Crippen molar-refractivity contribution in [1.29, 1.82) is 0 Å². The molecule has 0 unspecified atom stereocenters. The summed E-state index contributed by atoms with van der Waals surface area (Å²) in [5, 5.41) is 4.29. The van der Waals surface area contributed by atoms with Crippen molar-refractivity contribution in [3.63, 3.8) is 0 Å². The fourth-order valence-corrected chi connectivity index (χ4v) is 1.19. The highest BCUT2D eigenvalue weighted by molar-refractivity contribution is 7.90. The summed E-state index contributed by atoms with van der Waals surface area (Å²) in [5.41, 5.74) is 0. The van der Waals surface area contributed by atoms with Crippen molar-refractivity contribution >= 4 is 27.6 Å². The number of nitrogens with zero attached hydrogens (tertiary/aromatic N) is 1. The number of carbonyl (C=O) groups excluding carboxylic acids is 2. The van der Waals surface area contributed by atoms with Crippen molar-refractivity contribution in [3.05, 3.63) is 0 Å². The average Bonchev–Trinajstić information content (AvgIpc) is 2.28. The molecule has 1 aliphatic rings. The third-order valence-electron chi connectivity index (χ3n) is 1.40. The van der Waals surface area contributed by atoms with Gasteiger partial charge in [0.1, 0.15) is 9.84 Å². The van der Waals surface area contributed by atoms with Gasteiger partial charge in [-0.25, -0.2) is 8.42 Å². The molecule has 8 heteroatoms. The molecule has 1 aliphatic heterocycles. The number of rotatable bonds is 3. The van der Waals surface area contributed by atoms with Crippen molar-refractivity contribution < 1.29 is 18.0 Å². The molecule has 0 spiro atoms. The van der Waals surface area contributed by atoms with Crippen LogP contribution in [0.5, 0.6) is 0 Å². The van der Waals surface area contributed by atoms with Crippen LogP contribution in [0.1, 0.15) is 0 Å². The van der Waals surface area contributed by atoms with Crippen LogP contribution in [-0.2, 0) is 19.4 Å². The monoisotopic (exact) mass is 219 g/mol. The minimum atomic E-state index is -3.08. The van der Waals surface area contributed by atoms with E-state index in [-0.39, 0.29) is 18.3 Å². The largest absolute Gasteiger partial charge is 0.316 e. The van der Waals surface area contributed by atoms with Crippen molar-refractivity contribution in [2.45, 2.75) is 0 Å². The molecule has 0 bridgehead atoms. The van der Waals surface area contributed by atoms with Crippen LogP contribution in [0.3, 0.4) is 0 Å². The van der Waals surface area contributed by atoms with Gasteiger partial charge in [-0.15, -0.1) is 0 Å². The summed E-state index contributed by atoms with van der Waals surface area (Å²) in [5.74, 6) is -1.70. The lowest BCUT2D eigenvalue weighted by Gasteiger charge is -1.95. The SMILES string of the molecule is CS(=O)(=O)CCN=C1NC(=O)C(=O)N1. The molecule has 0 aromatic carbocycles. The number of nitrogens with one attached hydrogen (secondary N) is 2. The van der Waals surface area contributed by atoms with Gasteiger partial charge in [-0.3, -0.25) is 25.2 Å². The zero-order valence-corrected chi connectivity index (χ0v) is 8.22. The number of carbonyl (C=O) groups is 2. The standard InChI is InChI=1S/C6H9N3O4S/c1-14(12,13)3-2-7-6-8-4(10)5(11)9-6/h2-3H2,1H3,(H2,7,8,9,10,11). The Kier molecular flexibility index (Phi) is 2.84. The van der Waals surface area contributed by atoms with Gasteiger partial charge < -0.3 is 0 Å². The number of hydrogen-bond donors (Lipinski definition) is 2. The number of amides is 2. The maximum atomic E-state index is 10.7. The number of aliphatic imine (C=N–C) groups is 1. The van der Waals surface area contributed by atoms with Crippen LogP contribution in [0.4, 0.5) is 0 Å². The van der Waals surface area contributed by atoms with E-state index in [9.17, 15) is 18.0 Å². The Labute approximate surface area is 80.5 Å². The Hall–Kier alpha value is -1.44. The van der Waals surface area contributed by atoms with E-state index in [0.717, 1.165) is 6.26 Å². The van der Waals surface area contributed by atoms with Gasteiger partial charge in [-0.05, 0) is 0 Å². The molecule has 2 amide bonds. The molecule has 1 fully saturated rings. The fraction of sp³-hybridized carbons (Fsp3) is 0.500. The number of hydrogen-bond acceptors (Lipinski definition) is 5. The Bertz CT molecular complexity index is 379. The molecular formula is C6H9N3O4S. The van der Waals surface area contributed by atoms with E-state index in [1.54, 1.807) is 0 Å². The van der Waals surface area contributed by atoms with Crippen LogP contribution < -0.4 is 10.6 Å². The van der Waals surface area contributed by atoms with E-state index < -0.39 is 21.7 Å². The summed E-state index contributed by atoms with van der Waals surface area (Å²) in [6, 6.07) is 0. The van der Waals surface area contributed by atoms with Crippen LogP contribution in [0, 0.1) is 0 Å². The lowest BCUT2D eigenvalue weighted by atomic mass is 10.6. The fourth-order valence-electron chi connectivity index (χ4n) is 0.762. The topological polar surface area (TPSA) is 105 Å². The first kappa shape index (κ1) is 10.6. The Morgan fingerprint density at radius 3 is 2.14 bits per heavy atom. The lowest BCUT2D eigenvalue weighted by Crippen LogP contribution is -2.26. The second-order valence-electron chi connectivity index (χ2n) is 2.77. The predicted octanol–water partition coefficient (Wildman–Crippen LogP) is -2.37. The van der Waals surface area contributed by atoms with E-state index in [1.807, 2.05) is 0 Å². The first-order valence-corrected chi connectivity index (χ1v) is 5.79. The van der Waals surface area contributed by atoms with Gasteiger partial charge in [-0.2, -0.15) is 0 Å². The molecule has 2 N–H and O–H groups in total. The number of guanidine groups is 1. The minimum Gasteiger partial charge on any atom is -0.288 e. The van der Waals surface area contributed by atoms with E-state index in [4.69, 9.17) is 0 Å². The summed E-state index contributed by atoms with van der Waals surface area (Å²) in [6.45, 7) is 0.00866. The van der Waals surface area contributed by atoms with E-state index in [0.29, 0.717) is 0 Å².